The second-order valence-corrected chi connectivity index (χ2v) is 10.8. The highest BCUT2D eigenvalue weighted by molar-refractivity contribution is 7.99. The van der Waals surface area contributed by atoms with Crippen molar-refractivity contribution >= 4 is 38.7 Å². The van der Waals surface area contributed by atoms with E-state index in [0.717, 1.165) is 36.7 Å². The predicted molar refractivity (Wildman–Crippen MR) is 125 cm³/mol. The zero-order valence-electron chi connectivity index (χ0n) is 18.0. The van der Waals surface area contributed by atoms with Gasteiger partial charge in [0.1, 0.15) is 16.2 Å². The van der Waals surface area contributed by atoms with E-state index in [9.17, 15) is 13.2 Å². The lowest BCUT2D eigenvalue weighted by Crippen LogP contribution is -2.32. The second-order valence-electron chi connectivity index (χ2n) is 7.91. The minimum absolute atomic E-state index is 0.147. The third-order valence-corrected chi connectivity index (χ3v) is 8.34. The smallest absolute Gasteiger partial charge is 0.244 e. The molecular weight excluding hydrogens is 446 g/mol. The number of nitrogens with one attached hydrogen (secondary N) is 1. The van der Waals surface area contributed by atoms with Crippen LogP contribution in [0.1, 0.15) is 44.4 Å². The highest BCUT2D eigenvalue weighted by Crippen LogP contribution is 2.25. The van der Waals surface area contributed by atoms with Crippen LogP contribution in [0.4, 0.5) is 0 Å². The zero-order valence-corrected chi connectivity index (χ0v) is 19.6. The van der Waals surface area contributed by atoms with Crippen LogP contribution in [0.25, 0.3) is 11.0 Å². The molecule has 1 aliphatic rings. The van der Waals surface area contributed by atoms with Crippen LogP contribution in [-0.2, 0) is 14.8 Å². The molecule has 0 saturated carbocycles. The molecule has 1 fully saturated rings. The number of aromatic nitrogens is 1. The molecule has 3 heterocycles. The van der Waals surface area contributed by atoms with Crippen LogP contribution in [0.3, 0.4) is 0 Å². The molecule has 1 atom stereocenters. The maximum Gasteiger partial charge on any atom is 0.244 e. The first-order valence-corrected chi connectivity index (χ1v) is 13.2. The Kier molecular flexibility index (Phi) is 7.17. The molecule has 0 aliphatic carbocycles. The van der Waals surface area contributed by atoms with E-state index in [-0.39, 0.29) is 22.6 Å². The van der Waals surface area contributed by atoms with Gasteiger partial charge in [0.15, 0.2) is 0 Å². The molecule has 7 nitrogen and oxygen atoms in total. The Hall–Kier alpha value is -2.36. The minimum atomic E-state index is -3.52. The van der Waals surface area contributed by atoms with Crippen molar-refractivity contribution in [3.63, 3.8) is 0 Å². The number of nitrogens with zero attached hydrogens (tertiary/aromatic N) is 2. The largest absolute Gasteiger partial charge is 0.459 e. The summed E-state index contributed by atoms with van der Waals surface area (Å²) in [5, 5.41) is 4.53. The van der Waals surface area contributed by atoms with Crippen LogP contribution in [-0.4, -0.2) is 42.5 Å². The number of pyridine rings is 1. The van der Waals surface area contributed by atoms with Gasteiger partial charge in [0, 0.05) is 24.7 Å². The number of carbonyl (C=O) groups excluding carboxylic acids is 1. The van der Waals surface area contributed by atoms with E-state index in [1.54, 1.807) is 16.4 Å². The molecule has 0 unspecified atom stereocenters. The summed E-state index contributed by atoms with van der Waals surface area (Å²) in [6.07, 6.45) is 5.30. The predicted octanol–water partition coefficient (Wildman–Crippen LogP) is 4.36. The highest BCUT2D eigenvalue weighted by atomic mass is 32.2. The first kappa shape index (κ1) is 22.8. The first-order chi connectivity index (χ1) is 15.4. The SMILES string of the molecule is C[C@H](NC(=O)CSc1ccc(S(=O)(=O)N2CCCCCC2)cn1)c1cc2ccccc2o1. The van der Waals surface area contributed by atoms with E-state index in [1.165, 1.54) is 18.0 Å². The maximum atomic E-state index is 12.8. The van der Waals surface area contributed by atoms with Crippen LogP contribution in [0.15, 0.2) is 63.0 Å². The third-order valence-electron chi connectivity index (χ3n) is 5.51. The summed E-state index contributed by atoms with van der Waals surface area (Å²) in [6, 6.07) is 12.6. The van der Waals surface area contributed by atoms with Crippen LogP contribution in [0.5, 0.6) is 0 Å². The average Bonchev–Trinajstić information content (AvgIpc) is 3.03. The number of furan rings is 1. The van der Waals surface area contributed by atoms with Crippen LogP contribution in [0, 0.1) is 0 Å². The number of sulfonamides is 1. The number of hydrogen-bond donors (Lipinski definition) is 1. The van der Waals surface area contributed by atoms with E-state index < -0.39 is 10.0 Å². The lowest BCUT2D eigenvalue weighted by molar-refractivity contribution is -0.119. The van der Waals surface area contributed by atoms with Crippen molar-refractivity contribution < 1.29 is 17.6 Å². The second kappa shape index (κ2) is 10.1. The fourth-order valence-corrected chi connectivity index (χ4v) is 5.86. The van der Waals surface area contributed by atoms with Gasteiger partial charge in [0.25, 0.3) is 0 Å². The molecule has 1 N–H and O–H groups in total. The molecule has 1 aliphatic heterocycles. The molecule has 1 aromatic carbocycles. The standard InChI is InChI=1S/C23H27N3O4S2/c1-17(21-14-18-8-4-5-9-20(18)30-21)25-22(27)16-31-23-11-10-19(15-24-23)32(28,29)26-12-6-2-3-7-13-26/h4-5,8-11,14-15,17H,2-3,6-7,12-13,16H2,1H3,(H,25,27)/t17-/m0/s1. The van der Waals surface area contributed by atoms with E-state index in [2.05, 4.69) is 10.3 Å². The number of thioether (sulfide) groups is 1. The van der Waals surface area contributed by atoms with E-state index in [0.29, 0.717) is 23.9 Å². The van der Waals surface area contributed by atoms with Crippen LogP contribution in [0.2, 0.25) is 0 Å². The van der Waals surface area contributed by atoms with Gasteiger partial charge in [0.05, 0.1) is 16.8 Å². The molecule has 4 rings (SSSR count). The normalized spacial score (nSPS) is 16.5. The summed E-state index contributed by atoms with van der Waals surface area (Å²) in [7, 11) is -3.52. The molecule has 1 amide bonds. The molecule has 1 saturated heterocycles. The van der Waals surface area contributed by atoms with Crippen LogP contribution < -0.4 is 5.32 Å². The molecule has 0 radical (unpaired) electrons. The Morgan fingerprint density at radius 1 is 1.16 bits per heavy atom. The van der Waals surface area contributed by atoms with Gasteiger partial charge >= 0.3 is 0 Å². The fraction of sp³-hybridized carbons (Fsp3) is 0.391. The number of para-hydroxylation sites is 1. The number of rotatable bonds is 7. The summed E-state index contributed by atoms with van der Waals surface area (Å²) in [5.41, 5.74) is 0.789. The van der Waals surface area contributed by atoms with Gasteiger partial charge in [-0.2, -0.15) is 4.31 Å². The maximum absolute atomic E-state index is 12.8. The van der Waals surface area contributed by atoms with Crippen molar-refractivity contribution in [1.82, 2.24) is 14.6 Å². The van der Waals surface area contributed by atoms with Gasteiger partial charge in [-0.15, -0.1) is 0 Å². The lowest BCUT2D eigenvalue weighted by Gasteiger charge is -2.19. The van der Waals surface area contributed by atoms with E-state index in [4.69, 9.17) is 4.42 Å². The molecule has 170 valence electrons. The van der Waals surface area contributed by atoms with Gasteiger partial charge in [0.2, 0.25) is 15.9 Å². The van der Waals surface area contributed by atoms with Gasteiger partial charge in [-0.05, 0) is 44.0 Å². The third kappa shape index (κ3) is 5.33. The van der Waals surface area contributed by atoms with E-state index in [1.807, 2.05) is 37.3 Å². The van der Waals surface area contributed by atoms with Gasteiger partial charge in [-0.3, -0.25) is 4.79 Å². The molecule has 32 heavy (non-hydrogen) atoms. The summed E-state index contributed by atoms with van der Waals surface area (Å²) < 4.78 is 33.0. The number of carbonyl (C=O) groups is 1. The quantitative estimate of drug-likeness (QED) is 0.513. The van der Waals surface area contributed by atoms with Crippen molar-refractivity contribution in [3.8, 4) is 0 Å². The average molecular weight is 474 g/mol. The number of fused-ring (bicyclic) bond motifs is 1. The van der Waals surface area contributed by atoms with Crippen LogP contribution >= 0.6 is 11.8 Å². The molecular formula is C23H27N3O4S2. The van der Waals surface area contributed by atoms with Crippen molar-refractivity contribution in [2.24, 2.45) is 0 Å². The molecule has 2 aromatic heterocycles. The van der Waals surface area contributed by atoms with E-state index >= 15 is 0 Å². The Morgan fingerprint density at radius 3 is 2.59 bits per heavy atom. The summed E-state index contributed by atoms with van der Waals surface area (Å²) >= 11 is 1.27. The Bertz CT molecular complexity index is 1130. The fourth-order valence-electron chi connectivity index (χ4n) is 3.75. The Balaban J connectivity index is 1.32. The van der Waals surface area contributed by atoms with Crippen molar-refractivity contribution in [3.05, 3.63) is 54.4 Å². The molecule has 0 spiro atoms. The molecule has 9 heteroatoms. The number of benzene rings is 1. The minimum Gasteiger partial charge on any atom is -0.459 e. The number of amides is 1. The van der Waals surface area contributed by atoms with Gasteiger partial charge < -0.3 is 9.73 Å². The number of hydrogen-bond acceptors (Lipinski definition) is 6. The van der Waals surface area contributed by atoms with Crippen molar-refractivity contribution in [1.29, 1.82) is 0 Å². The first-order valence-electron chi connectivity index (χ1n) is 10.8. The topological polar surface area (TPSA) is 92.5 Å². The molecule has 0 bridgehead atoms. The van der Waals surface area contributed by atoms with Crippen molar-refractivity contribution in [2.45, 2.75) is 48.6 Å². The Morgan fingerprint density at radius 2 is 1.91 bits per heavy atom. The van der Waals surface area contributed by atoms with Gasteiger partial charge in [-0.25, -0.2) is 13.4 Å². The molecule has 3 aromatic rings. The monoisotopic (exact) mass is 473 g/mol. The Labute approximate surface area is 192 Å². The summed E-state index contributed by atoms with van der Waals surface area (Å²) in [5.74, 6) is 0.729. The summed E-state index contributed by atoms with van der Waals surface area (Å²) in [6.45, 7) is 2.99. The van der Waals surface area contributed by atoms with Crippen molar-refractivity contribution in [2.75, 3.05) is 18.8 Å². The highest BCUT2D eigenvalue weighted by Gasteiger charge is 2.25. The zero-order chi connectivity index (χ0) is 22.6. The lowest BCUT2D eigenvalue weighted by atomic mass is 10.2. The van der Waals surface area contributed by atoms with Gasteiger partial charge in [-0.1, -0.05) is 42.8 Å². The summed E-state index contributed by atoms with van der Waals surface area (Å²) in [4.78, 5) is 16.8.